The molecule has 0 spiro atoms. The van der Waals surface area contributed by atoms with Crippen LogP contribution in [0, 0.1) is 5.82 Å². The summed E-state index contributed by atoms with van der Waals surface area (Å²) in [5.41, 5.74) is 2.53. The van der Waals surface area contributed by atoms with Crippen LogP contribution in [0.4, 0.5) is 4.39 Å². The van der Waals surface area contributed by atoms with Crippen molar-refractivity contribution in [1.82, 2.24) is 14.9 Å². The molecule has 0 bridgehead atoms. The first-order valence-electron chi connectivity index (χ1n) is 8.06. The maximum atomic E-state index is 13.1. The molecule has 4 rings (SSSR count). The van der Waals surface area contributed by atoms with Gasteiger partial charge in [0, 0.05) is 29.1 Å². The predicted molar refractivity (Wildman–Crippen MR) is 105 cm³/mol. The molecule has 7 heteroatoms. The number of fused-ring (bicyclic) bond motifs is 3. The van der Waals surface area contributed by atoms with Gasteiger partial charge in [-0.25, -0.2) is 14.4 Å². The first-order valence-corrected chi connectivity index (χ1v) is 11.1. The molecule has 3 heterocycles. The Hall–Kier alpha value is -1.15. The molecule has 1 aliphatic rings. The molecular formula is C18H18FN3S3. The highest BCUT2D eigenvalue weighted by Crippen LogP contribution is 2.40. The topological polar surface area (TPSA) is 29.0 Å². The van der Waals surface area contributed by atoms with E-state index in [-0.39, 0.29) is 5.82 Å². The van der Waals surface area contributed by atoms with E-state index in [1.165, 1.54) is 28.0 Å². The maximum absolute atomic E-state index is 13.1. The highest BCUT2D eigenvalue weighted by Gasteiger charge is 2.23. The van der Waals surface area contributed by atoms with Crippen LogP contribution >= 0.6 is 34.9 Å². The van der Waals surface area contributed by atoms with E-state index >= 15 is 0 Å². The van der Waals surface area contributed by atoms with Crippen molar-refractivity contribution in [1.29, 1.82) is 0 Å². The minimum Gasteiger partial charge on any atom is -0.301 e. The highest BCUT2D eigenvalue weighted by atomic mass is 32.2. The van der Waals surface area contributed by atoms with Crippen LogP contribution in [0.25, 0.3) is 10.2 Å². The van der Waals surface area contributed by atoms with Gasteiger partial charge in [-0.1, -0.05) is 23.9 Å². The van der Waals surface area contributed by atoms with Crippen LogP contribution < -0.4 is 0 Å². The van der Waals surface area contributed by atoms with Crippen molar-refractivity contribution in [2.24, 2.45) is 0 Å². The average Bonchev–Trinajstić information content (AvgIpc) is 2.98. The zero-order valence-electron chi connectivity index (χ0n) is 14.1. The fourth-order valence-electron chi connectivity index (χ4n) is 3.00. The summed E-state index contributed by atoms with van der Waals surface area (Å²) in [5, 5.41) is 3.11. The van der Waals surface area contributed by atoms with Crippen molar-refractivity contribution in [3.8, 4) is 0 Å². The molecule has 0 unspecified atom stereocenters. The molecule has 3 nitrogen and oxygen atoms in total. The smallest absolute Gasteiger partial charge is 0.189 e. The lowest BCUT2D eigenvalue weighted by Crippen LogP contribution is -2.25. The number of halogens is 1. The molecule has 130 valence electrons. The SMILES string of the molecule is CSc1nc(SCc2ccc(F)cc2)c2c3c(sc2n1)CN(C)CC3. The Morgan fingerprint density at radius 1 is 1.24 bits per heavy atom. The van der Waals surface area contributed by atoms with Crippen molar-refractivity contribution in [3.05, 3.63) is 46.1 Å². The van der Waals surface area contributed by atoms with Crippen LogP contribution in [0.2, 0.25) is 0 Å². The lowest BCUT2D eigenvalue weighted by Gasteiger charge is -2.22. The summed E-state index contributed by atoms with van der Waals surface area (Å²) in [4.78, 5) is 14.4. The Balaban J connectivity index is 1.72. The monoisotopic (exact) mass is 391 g/mol. The van der Waals surface area contributed by atoms with Gasteiger partial charge in [-0.05, 0) is 43.0 Å². The van der Waals surface area contributed by atoms with E-state index in [4.69, 9.17) is 9.97 Å². The van der Waals surface area contributed by atoms with E-state index in [2.05, 4.69) is 11.9 Å². The molecular weight excluding hydrogens is 373 g/mol. The van der Waals surface area contributed by atoms with Gasteiger partial charge < -0.3 is 4.90 Å². The van der Waals surface area contributed by atoms with Gasteiger partial charge in [0.2, 0.25) is 0 Å². The Kier molecular flexibility index (Phi) is 4.99. The van der Waals surface area contributed by atoms with Crippen molar-refractivity contribution in [2.45, 2.75) is 28.9 Å². The number of hydrogen-bond donors (Lipinski definition) is 0. The van der Waals surface area contributed by atoms with Gasteiger partial charge in [-0.15, -0.1) is 23.1 Å². The standard InChI is InChI=1S/C18H18FN3S3/c1-22-8-7-13-14(9-22)25-17-15(13)16(20-18(21-17)23-2)24-10-11-3-5-12(19)6-4-11/h3-6H,7-10H2,1-2H3. The zero-order chi connectivity index (χ0) is 17.4. The van der Waals surface area contributed by atoms with E-state index in [9.17, 15) is 4.39 Å². The Morgan fingerprint density at radius 3 is 2.80 bits per heavy atom. The van der Waals surface area contributed by atoms with Crippen LogP contribution in [0.3, 0.4) is 0 Å². The molecule has 2 aromatic heterocycles. The number of aromatic nitrogens is 2. The Morgan fingerprint density at radius 2 is 2.04 bits per heavy atom. The van der Waals surface area contributed by atoms with Crippen molar-refractivity contribution in [2.75, 3.05) is 19.8 Å². The summed E-state index contributed by atoms with van der Waals surface area (Å²) in [6.07, 6.45) is 3.06. The van der Waals surface area contributed by atoms with Gasteiger partial charge in [-0.3, -0.25) is 0 Å². The maximum Gasteiger partial charge on any atom is 0.189 e. The largest absolute Gasteiger partial charge is 0.301 e. The zero-order valence-corrected chi connectivity index (χ0v) is 16.5. The van der Waals surface area contributed by atoms with Gasteiger partial charge in [0.15, 0.2) is 5.16 Å². The van der Waals surface area contributed by atoms with Crippen LogP contribution in [0.1, 0.15) is 16.0 Å². The van der Waals surface area contributed by atoms with Gasteiger partial charge in [0.05, 0.1) is 0 Å². The fraction of sp³-hybridized carbons (Fsp3) is 0.333. The molecule has 0 fully saturated rings. The molecule has 25 heavy (non-hydrogen) atoms. The van der Waals surface area contributed by atoms with Gasteiger partial charge in [0.1, 0.15) is 15.7 Å². The number of thiophene rings is 1. The highest BCUT2D eigenvalue weighted by molar-refractivity contribution is 7.99. The normalized spacial score (nSPS) is 14.8. The number of rotatable bonds is 4. The third-order valence-electron chi connectivity index (χ3n) is 4.31. The first-order chi connectivity index (χ1) is 12.1. The lowest BCUT2D eigenvalue weighted by molar-refractivity contribution is 0.318. The Labute approximate surface area is 159 Å². The fourth-order valence-corrected chi connectivity index (χ4v) is 5.85. The number of nitrogens with zero attached hydrogens (tertiary/aromatic N) is 3. The third kappa shape index (κ3) is 3.56. The summed E-state index contributed by atoms with van der Waals surface area (Å²) in [6.45, 7) is 2.07. The summed E-state index contributed by atoms with van der Waals surface area (Å²) < 4.78 is 13.1. The average molecular weight is 392 g/mol. The minimum atomic E-state index is -0.195. The van der Waals surface area contributed by atoms with E-state index in [0.29, 0.717) is 0 Å². The third-order valence-corrected chi connectivity index (χ3v) is 7.01. The molecule has 0 amide bonds. The first kappa shape index (κ1) is 17.3. The minimum absolute atomic E-state index is 0.195. The molecule has 0 saturated heterocycles. The molecule has 3 aromatic rings. The van der Waals surface area contributed by atoms with E-state index in [1.807, 2.05) is 18.4 Å². The molecule has 0 radical (unpaired) electrons. The van der Waals surface area contributed by atoms with Crippen LogP contribution in [0.15, 0.2) is 34.4 Å². The summed E-state index contributed by atoms with van der Waals surface area (Å²) in [7, 11) is 2.16. The molecule has 1 aromatic carbocycles. The molecule has 0 aliphatic carbocycles. The second-order valence-electron chi connectivity index (χ2n) is 6.10. The van der Waals surface area contributed by atoms with E-state index < -0.39 is 0 Å². The molecule has 0 saturated carbocycles. The van der Waals surface area contributed by atoms with Gasteiger partial charge in [0.25, 0.3) is 0 Å². The molecule has 1 aliphatic heterocycles. The van der Waals surface area contributed by atoms with E-state index in [1.54, 1.807) is 34.9 Å². The lowest BCUT2D eigenvalue weighted by atomic mass is 10.1. The summed E-state index contributed by atoms with van der Waals surface area (Å²) in [6, 6.07) is 6.71. The number of benzene rings is 1. The van der Waals surface area contributed by atoms with Crippen LogP contribution in [-0.4, -0.2) is 34.7 Å². The summed E-state index contributed by atoms with van der Waals surface area (Å²) in [5.74, 6) is 0.587. The second kappa shape index (κ2) is 7.23. The number of hydrogen-bond acceptors (Lipinski definition) is 6. The van der Waals surface area contributed by atoms with E-state index in [0.717, 1.165) is 45.8 Å². The number of thioether (sulfide) groups is 2. The van der Waals surface area contributed by atoms with Gasteiger partial charge >= 0.3 is 0 Å². The quantitative estimate of drug-likeness (QED) is 0.361. The van der Waals surface area contributed by atoms with Crippen LogP contribution in [0.5, 0.6) is 0 Å². The van der Waals surface area contributed by atoms with Crippen LogP contribution in [-0.2, 0) is 18.7 Å². The van der Waals surface area contributed by atoms with Gasteiger partial charge in [-0.2, -0.15) is 0 Å². The Bertz CT molecular complexity index is 908. The predicted octanol–water partition coefficient (Wildman–Crippen LogP) is 4.83. The molecule has 0 atom stereocenters. The second-order valence-corrected chi connectivity index (χ2v) is 8.92. The van der Waals surface area contributed by atoms with Crippen molar-refractivity contribution < 1.29 is 4.39 Å². The van der Waals surface area contributed by atoms with Crippen molar-refractivity contribution in [3.63, 3.8) is 0 Å². The summed E-state index contributed by atoms with van der Waals surface area (Å²) >= 11 is 5.10. The van der Waals surface area contributed by atoms with Crippen molar-refractivity contribution >= 4 is 45.1 Å². The molecule has 0 N–H and O–H groups in total. The number of likely N-dealkylation sites (N-methyl/N-ethyl adjacent to an activating group) is 1.